The number of ether oxygens (including phenoxy) is 1. The highest BCUT2D eigenvalue weighted by Crippen LogP contribution is 2.32. The molecule has 0 radical (unpaired) electrons. The van der Waals surface area contributed by atoms with Gasteiger partial charge in [0.2, 0.25) is 5.82 Å². The number of rotatable bonds is 7. The van der Waals surface area contributed by atoms with Crippen LogP contribution in [0.5, 0.6) is 5.75 Å². The number of aliphatic carboxylic acids is 1. The van der Waals surface area contributed by atoms with E-state index >= 15 is 0 Å². The number of carboxylic acid groups (broad SMARTS) is 1. The Hall–Kier alpha value is -3.39. The number of halogens is 1. The van der Waals surface area contributed by atoms with E-state index in [2.05, 4.69) is 15.2 Å². The van der Waals surface area contributed by atoms with Crippen molar-refractivity contribution in [3.63, 3.8) is 0 Å². The van der Waals surface area contributed by atoms with Crippen molar-refractivity contribution in [2.45, 2.75) is 40.3 Å². The molecule has 4 rings (SSSR count). The predicted molar refractivity (Wildman–Crippen MR) is 121 cm³/mol. The molecule has 32 heavy (non-hydrogen) atoms. The van der Waals surface area contributed by atoms with Crippen LogP contribution in [-0.2, 0) is 11.3 Å². The molecule has 0 unspecified atom stereocenters. The molecule has 0 aliphatic carbocycles. The van der Waals surface area contributed by atoms with Crippen molar-refractivity contribution in [1.29, 1.82) is 0 Å². The van der Waals surface area contributed by atoms with Gasteiger partial charge in [0, 0.05) is 22.7 Å². The fourth-order valence-corrected chi connectivity index (χ4v) is 3.44. The third kappa shape index (κ3) is 4.45. The summed E-state index contributed by atoms with van der Waals surface area (Å²) in [5.41, 5.74) is 1.28. The third-order valence-corrected chi connectivity index (χ3v) is 5.21. The van der Waals surface area contributed by atoms with Crippen LogP contribution in [0.2, 0.25) is 5.02 Å². The van der Waals surface area contributed by atoms with Crippen LogP contribution in [0.4, 0.5) is 0 Å². The van der Waals surface area contributed by atoms with Gasteiger partial charge >= 0.3 is 5.97 Å². The molecule has 4 aromatic rings. The molecule has 166 valence electrons. The molecular formula is C23H23ClN4O4. The van der Waals surface area contributed by atoms with E-state index in [-0.39, 0.29) is 12.6 Å². The topological polar surface area (TPSA) is 103 Å². The minimum atomic E-state index is -0.926. The molecule has 0 aliphatic rings. The van der Waals surface area contributed by atoms with Crippen molar-refractivity contribution in [2.24, 2.45) is 5.41 Å². The predicted octanol–water partition coefficient (Wildman–Crippen LogP) is 5.30. The number of aromatic nitrogens is 4. The molecule has 2 aromatic carbocycles. The molecule has 2 aromatic heterocycles. The van der Waals surface area contributed by atoms with E-state index < -0.39 is 11.4 Å². The summed E-state index contributed by atoms with van der Waals surface area (Å²) in [6.07, 6.45) is 1.83. The summed E-state index contributed by atoms with van der Waals surface area (Å²) < 4.78 is 12.7. The number of hydrogen-bond donors (Lipinski definition) is 1. The van der Waals surface area contributed by atoms with Crippen LogP contribution in [-0.4, -0.2) is 37.1 Å². The van der Waals surface area contributed by atoms with Crippen molar-refractivity contribution in [3.05, 3.63) is 47.6 Å². The highest BCUT2D eigenvalue weighted by Gasteiger charge is 2.28. The number of fused-ring (bicyclic) bond motifs is 1. The number of carbonyl (C=O) groups is 1. The largest absolute Gasteiger partial charge is 0.489 e. The summed E-state index contributed by atoms with van der Waals surface area (Å²) in [6.45, 7) is 7.46. The van der Waals surface area contributed by atoms with Gasteiger partial charge in [0.25, 0.3) is 5.89 Å². The molecular weight excluding hydrogens is 432 g/mol. The Bertz CT molecular complexity index is 1290. The Morgan fingerprint density at radius 1 is 1.22 bits per heavy atom. The second-order valence-electron chi connectivity index (χ2n) is 8.52. The van der Waals surface area contributed by atoms with Gasteiger partial charge in [-0.1, -0.05) is 16.8 Å². The lowest BCUT2D eigenvalue weighted by Crippen LogP contribution is -2.29. The van der Waals surface area contributed by atoms with Gasteiger partial charge in [-0.2, -0.15) is 10.1 Å². The van der Waals surface area contributed by atoms with E-state index in [0.29, 0.717) is 28.1 Å². The van der Waals surface area contributed by atoms with Gasteiger partial charge in [-0.3, -0.25) is 9.48 Å². The lowest BCUT2D eigenvalue weighted by molar-refractivity contribution is -0.147. The zero-order valence-corrected chi connectivity index (χ0v) is 18.9. The van der Waals surface area contributed by atoms with Gasteiger partial charge in [-0.15, -0.1) is 0 Å². The maximum atomic E-state index is 11.4. The van der Waals surface area contributed by atoms with Gasteiger partial charge in [-0.25, -0.2) is 0 Å². The summed E-state index contributed by atoms with van der Waals surface area (Å²) >= 11 is 6.32. The maximum Gasteiger partial charge on any atom is 0.310 e. The molecule has 0 fully saturated rings. The zero-order valence-electron chi connectivity index (χ0n) is 18.2. The zero-order chi connectivity index (χ0) is 23.0. The van der Waals surface area contributed by atoms with Gasteiger partial charge in [0.1, 0.15) is 5.75 Å². The van der Waals surface area contributed by atoms with Crippen LogP contribution in [0, 0.1) is 5.41 Å². The molecule has 0 bridgehead atoms. The number of nitrogens with zero attached hydrogens (tertiary/aromatic N) is 4. The minimum Gasteiger partial charge on any atom is -0.489 e. The summed E-state index contributed by atoms with van der Waals surface area (Å²) in [6, 6.07) is 10.9. The second kappa shape index (κ2) is 8.27. The summed E-state index contributed by atoms with van der Waals surface area (Å²) in [5.74, 6) is 0.496. The van der Waals surface area contributed by atoms with Gasteiger partial charge in [0.05, 0.1) is 28.6 Å². The van der Waals surface area contributed by atoms with Crippen molar-refractivity contribution in [3.8, 4) is 28.6 Å². The fraction of sp³-hybridized carbons (Fsp3) is 0.304. The lowest BCUT2D eigenvalue weighted by atomic mass is 9.94. The third-order valence-electron chi connectivity index (χ3n) is 4.91. The fourth-order valence-electron chi connectivity index (χ4n) is 3.21. The Kier molecular flexibility index (Phi) is 5.64. The second-order valence-corrected chi connectivity index (χ2v) is 8.93. The quantitative estimate of drug-likeness (QED) is 0.403. The standard InChI is InChI=1S/C23H23ClN4O4/c1-13(2)31-19-8-6-15(10-17(19)24)21-25-20(27-32-21)14-5-7-18-16(9-14)11-28(26-18)12-23(3,4)22(29)30/h5-11,13H,12H2,1-4H3,(H,29,30). The van der Waals surface area contributed by atoms with Crippen LogP contribution < -0.4 is 4.74 Å². The van der Waals surface area contributed by atoms with E-state index in [1.54, 1.807) is 30.7 Å². The first kappa shape index (κ1) is 21.8. The van der Waals surface area contributed by atoms with E-state index in [1.165, 1.54) is 0 Å². The molecule has 0 saturated heterocycles. The summed E-state index contributed by atoms with van der Waals surface area (Å²) in [7, 11) is 0. The SMILES string of the molecule is CC(C)Oc1ccc(-c2nc(-c3ccc4nn(CC(C)(C)C(=O)O)cc4c3)no2)cc1Cl. The Balaban J connectivity index is 1.59. The monoisotopic (exact) mass is 454 g/mol. The normalized spacial score (nSPS) is 11.9. The number of hydrogen-bond acceptors (Lipinski definition) is 6. The Morgan fingerprint density at radius 3 is 2.66 bits per heavy atom. The van der Waals surface area contributed by atoms with E-state index in [9.17, 15) is 9.90 Å². The molecule has 0 spiro atoms. The minimum absolute atomic E-state index is 0.0165. The van der Waals surface area contributed by atoms with Crippen LogP contribution in [0.1, 0.15) is 27.7 Å². The van der Waals surface area contributed by atoms with Gasteiger partial charge in [0.15, 0.2) is 0 Å². The van der Waals surface area contributed by atoms with Crippen molar-refractivity contribution < 1.29 is 19.2 Å². The van der Waals surface area contributed by atoms with Crippen LogP contribution in [0.15, 0.2) is 47.1 Å². The van der Waals surface area contributed by atoms with E-state index in [4.69, 9.17) is 20.9 Å². The van der Waals surface area contributed by atoms with Crippen LogP contribution in [0.25, 0.3) is 33.7 Å². The first-order chi connectivity index (χ1) is 15.1. The van der Waals surface area contributed by atoms with E-state index in [0.717, 1.165) is 16.5 Å². The molecule has 0 amide bonds. The molecule has 0 atom stereocenters. The van der Waals surface area contributed by atoms with E-state index in [1.807, 2.05) is 44.3 Å². The van der Waals surface area contributed by atoms with Crippen molar-refractivity contribution >= 4 is 28.5 Å². The maximum absolute atomic E-state index is 11.4. The Morgan fingerprint density at radius 2 is 1.97 bits per heavy atom. The van der Waals surface area contributed by atoms with Gasteiger partial charge < -0.3 is 14.4 Å². The summed E-state index contributed by atoms with van der Waals surface area (Å²) in [5, 5.41) is 19.2. The first-order valence-electron chi connectivity index (χ1n) is 10.1. The molecule has 0 saturated carbocycles. The van der Waals surface area contributed by atoms with Gasteiger partial charge in [-0.05, 0) is 64.1 Å². The van der Waals surface area contributed by atoms with Crippen LogP contribution in [0.3, 0.4) is 0 Å². The average molecular weight is 455 g/mol. The molecule has 8 nitrogen and oxygen atoms in total. The van der Waals surface area contributed by atoms with Crippen LogP contribution >= 0.6 is 11.6 Å². The summed E-state index contributed by atoms with van der Waals surface area (Å²) in [4.78, 5) is 15.9. The molecule has 2 heterocycles. The molecule has 1 N–H and O–H groups in total. The molecule has 0 aliphatic heterocycles. The highest BCUT2D eigenvalue weighted by atomic mass is 35.5. The highest BCUT2D eigenvalue weighted by molar-refractivity contribution is 6.32. The Labute approximate surface area is 189 Å². The number of carboxylic acids is 1. The smallest absolute Gasteiger partial charge is 0.310 e. The lowest BCUT2D eigenvalue weighted by Gasteiger charge is -2.18. The molecule has 9 heteroatoms. The average Bonchev–Trinajstić information content (AvgIpc) is 3.34. The number of benzene rings is 2. The first-order valence-corrected chi connectivity index (χ1v) is 10.5. The van der Waals surface area contributed by atoms with Crippen molar-refractivity contribution in [2.75, 3.05) is 0 Å². The van der Waals surface area contributed by atoms with Crippen molar-refractivity contribution in [1.82, 2.24) is 19.9 Å².